The lowest BCUT2D eigenvalue weighted by Crippen LogP contribution is -2.71. The molecular weight excluding hydrogens is 454 g/mol. The summed E-state index contributed by atoms with van der Waals surface area (Å²) < 4.78 is 21.0. The predicted octanol–water partition coefficient (Wildman–Crippen LogP) is -4.08. The Labute approximate surface area is 185 Å². The zero-order valence-electron chi connectivity index (χ0n) is 16.9. The molecule has 0 saturated carbocycles. The van der Waals surface area contributed by atoms with E-state index in [0.717, 1.165) is 12.1 Å². The van der Waals surface area contributed by atoms with Gasteiger partial charge in [-0.05, 0) is 12.1 Å². The molecule has 0 bridgehead atoms. The predicted molar refractivity (Wildman–Crippen MR) is 101 cm³/mol. The number of non-ortho nitro benzene ring substituents is 1. The molecule has 2 aliphatic rings. The summed E-state index contributed by atoms with van der Waals surface area (Å²) >= 11 is 0. The molecule has 0 aliphatic carbocycles. The molecule has 33 heavy (non-hydrogen) atoms. The van der Waals surface area contributed by atoms with Gasteiger partial charge in [0.05, 0.1) is 18.1 Å². The molecule has 3 rings (SSSR count). The molecule has 1 aromatic carbocycles. The summed E-state index contributed by atoms with van der Waals surface area (Å²) in [4.78, 5) is 10.1. The number of nitro benzene ring substituents is 1. The Morgan fingerprint density at radius 2 is 1.55 bits per heavy atom. The van der Waals surface area contributed by atoms with Gasteiger partial charge >= 0.3 is 0 Å². The van der Waals surface area contributed by atoms with Gasteiger partial charge in [-0.1, -0.05) is 0 Å². The third-order valence-electron chi connectivity index (χ3n) is 5.40. The van der Waals surface area contributed by atoms with Crippen molar-refractivity contribution in [1.82, 2.24) is 0 Å². The molecular formula is C18H25NO14. The van der Waals surface area contributed by atoms with Crippen molar-refractivity contribution in [3.8, 4) is 5.75 Å². The van der Waals surface area contributed by atoms with Gasteiger partial charge in [-0.25, -0.2) is 0 Å². The van der Waals surface area contributed by atoms with E-state index in [9.17, 15) is 51.0 Å². The number of benzene rings is 1. The van der Waals surface area contributed by atoms with Gasteiger partial charge in [0.15, 0.2) is 6.29 Å². The summed E-state index contributed by atoms with van der Waals surface area (Å²) in [5.41, 5.74) is -0.233. The fraction of sp³-hybridized carbons (Fsp3) is 0.667. The fourth-order valence-corrected chi connectivity index (χ4v) is 3.47. The van der Waals surface area contributed by atoms with Gasteiger partial charge in [-0.3, -0.25) is 10.1 Å². The highest BCUT2D eigenvalue weighted by atomic mass is 16.8. The molecule has 186 valence electrons. The number of nitro groups is 1. The average Bonchev–Trinajstić information content (AvgIpc) is 2.80. The molecule has 0 spiro atoms. The van der Waals surface area contributed by atoms with E-state index >= 15 is 0 Å². The summed E-state index contributed by atoms with van der Waals surface area (Å²) in [5, 5.41) is 91.4. The van der Waals surface area contributed by atoms with Crippen LogP contribution < -0.4 is 4.74 Å². The second kappa shape index (κ2) is 10.1. The van der Waals surface area contributed by atoms with E-state index in [1.54, 1.807) is 0 Å². The topological polar surface area (TPSA) is 242 Å². The molecule has 0 radical (unpaired) electrons. The largest absolute Gasteiger partial charge is 0.462 e. The van der Waals surface area contributed by atoms with Crippen LogP contribution in [0.4, 0.5) is 5.69 Å². The number of rotatable bonds is 7. The monoisotopic (exact) mass is 479 g/mol. The summed E-state index contributed by atoms with van der Waals surface area (Å²) in [5.74, 6) is -2.91. The van der Waals surface area contributed by atoms with Crippen LogP contribution in [0.3, 0.4) is 0 Å². The lowest BCUT2D eigenvalue weighted by Gasteiger charge is -2.49. The van der Waals surface area contributed by atoms with Gasteiger partial charge < -0.3 is 59.8 Å². The second-order valence-electron chi connectivity index (χ2n) is 7.55. The number of nitrogens with zero attached hydrogens (tertiary/aromatic N) is 1. The Morgan fingerprint density at radius 1 is 0.909 bits per heavy atom. The maximum absolute atomic E-state index is 10.9. The van der Waals surface area contributed by atoms with E-state index < -0.39 is 79.2 Å². The molecule has 15 nitrogen and oxygen atoms in total. The van der Waals surface area contributed by atoms with Crippen molar-refractivity contribution in [3.63, 3.8) is 0 Å². The number of aliphatic hydroxyl groups excluding tert-OH is 7. The SMILES string of the molecule is O=[N+]([O-])c1ccc(O[C@@H]2OC(CO)[C@@](O)(O[C@@H]3OC(CO)[C@H](O)[C@H](O)C3O)[C@H](O)C2O)cc1. The normalized spacial score (nSPS) is 41.5. The van der Waals surface area contributed by atoms with Crippen molar-refractivity contribution < 1.29 is 64.7 Å². The highest BCUT2D eigenvalue weighted by molar-refractivity contribution is 5.36. The maximum Gasteiger partial charge on any atom is 0.269 e. The smallest absolute Gasteiger partial charge is 0.269 e. The van der Waals surface area contributed by atoms with Crippen LogP contribution >= 0.6 is 0 Å². The molecule has 0 aromatic heterocycles. The molecule has 15 heteroatoms. The van der Waals surface area contributed by atoms with Gasteiger partial charge in [-0.15, -0.1) is 0 Å². The number of aliphatic hydroxyl groups is 8. The van der Waals surface area contributed by atoms with Gasteiger partial charge in [0.1, 0.15) is 48.5 Å². The lowest BCUT2D eigenvalue weighted by atomic mass is 9.94. The number of ether oxygens (including phenoxy) is 4. The summed E-state index contributed by atoms with van der Waals surface area (Å²) in [6.45, 7) is -1.78. The Balaban J connectivity index is 1.76. The van der Waals surface area contributed by atoms with Gasteiger partial charge in [0.2, 0.25) is 12.1 Å². The number of hydrogen-bond acceptors (Lipinski definition) is 14. The van der Waals surface area contributed by atoms with Crippen LogP contribution in [0, 0.1) is 10.1 Å². The molecule has 2 heterocycles. The summed E-state index contributed by atoms with van der Waals surface area (Å²) in [6, 6.07) is 4.62. The lowest BCUT2D eigenvalue weighted by molar-refractivity contribution is -0.435. The van der Waals surface area contributed by atoms with Crippen molar-refractivity contribution in [2.24, 2.45) is 0 Å². The Bertz CT molecular complexity index is 804. The van der Waals surface area contributed by atoms with E-state index in [4.69, 9.17) is 18.9 Å². The highest BCUT2D eigenvalue weighted by Gasteiger charge is 2.59. The quantitative estimate of drug-likeness (QED) is 0.105. The molecule has 2 saturated heterocycles. The second-order valence-corrected chi connectivity index (χ2v) is 7.55. The fourth-order valence-electron chi connectivity index (χ4n) is 3.47. The zero-order chi connectivity index (χ0) is 24.5. The van der Waals surface area contributed by atoms with Gasteiger partial charge in [0.25, 0.3) is 5.69 Å². The van der Waals surface area contributed by atoms with Crippen LogP contribution in [-0.4, -0.2) is 120 Å². The third kappa shape index (κ3) is 4.93. The van der Waals surface area contributed by atoms with Crippen LogP contribution in [0.1, 0.15) is 0 Å². The van der Waals surface area contributed by atoms with Crippen molar-refractivity contribution >= 4 is 5.69 Å². The maximum atomic E-state index is 10.9. The van der Waals surface area contributed by atoms with Crippen molar-refractivity contribution in [1.29, 1.82) is 0 Å². The average molecular weight is 479 g/mol. The van der Waals surface area contributed by atoms with E-state index in [-0.39, 0.29) is 11.4 Å². The van der Waals surface area contributed by atoms with E-state index in [2.05, 4.69) is 0 Å². The molecule has 1 aromatic rings. The first-order valence-corrected chi connectivity index (χ1v) is 9.77. The Hall–Kier alpha value is -2.02. The molecule has 0 amide bonds. The molecule has 2 fully saturated rings. The highest BCUT2D eigenvalue weighted by Crippen LogP contribution is 2.36. The molecule has 2 aliphatic heterocycles. The first-order chi connectivity index (χ1) is 15.5. The minimum Gasteiger partial charge on any atom is -0.462 e. The minimum atomic E-state index is -2.91. The van der Waals surface area contributed by atoms with Crippen LogP contribution in [0.2, 0.25) is 0 Å². The van der Waals surface area contributed by atoms with Crippen LogP contribution in [0.5, 0.6) is 5.75 Å². The summed E-state index contributed by atoms with van der Waals surface area (Å²) in [7, 11) is 0. The molecule has 8 N–H and O–H groups in total. The van der Waals surface area contributed by atoms with Crippen LogP contribution in [0.15, 0.2) is 24.3 Å². The van der Waals surface area contributed by atoms with Crippen molar-refractivity contribution in [2.75, 3.05) is 13.2 Å². The Kier molecular flexibility index (Phi) is 7.82. The van der Waals surface area contributed by atoms with Gasteiger partial charge in [0, 0.05) is 12.1 Å². The number of hydrogen-bond donors (Lipinski definition) is 8. The van der Waals surface area contributed by atoms with E-state index in [0.29, 0.717) is 0 Å². The van der Waals surface area contributed by atoms with Crippen LogP contribution in [0.25, 0.3) is 0 Å². The third-order valence-corrected chi connectivity index (χ3v) is 5.40. The van der Waals surface area contributed by atoms with Crippen molar-refractivity contribution in [2.45, 2.75) is 61.1 Å². The minimum absolute atomic E-state index is 0.00571. The van der Waals surface area contributed by atoms with E-state index in [1.165, 1.54) is 12.1 Å². The summed E-state index contributed by atoms with van der Waals surface area (Å²) in [6.07, 6.45) is -16.5. The first kappa shape index (κ1) is 25.6. The first-order valence-electron chi connectivity index (χ1n) is 9.77. The Morgan fingerprint density at radius 3 is 2.09 bits per heavy atom. The zero-order valence-corrected chi connectivity index (χ0v) is 16.9. The van der Waals surface area contributed by atoms with Gasteiger partial charge in [-0.2, -0.15) is 0 Å². The van der Waals surface area contributed by atoms with Crippen molar-refractivity contribution in [3.05, 3.63) is 34.4 Å². The standard InChI is InChI=1S/C18H25NO14/c20-5-9-11(22)12(23)13(24)17(31-9)33-18(27)10(6-21)32-16(14(25)15(18)26)30-8-3-1-7(2-4-8)19(28)29/h1-4,9-17,20-27H,5-6H2/t9?,10?,11-,12-,13?,14?,15+,16+,17-,18+/m0/s1. The van der Waals surface area contributed by atoms with Crippen LogP contribution in [-0.2, 0) is 14.2 Å². The molecule has 4 unspecified atom stereocenters. The van der Waals surface area contributed by atoms with E-state index in [1.807, 2.05) is 0 Å². The molecule has 10 atom stereocenters.